The average molecular weight is 164 g/mol. The first kappa shape index (κ1) is 6.84. The second-order valence-electron chi connectivity index (χ2n) is 2.48. The van der Waals surface area contributed by atoms with Crippen molar-refractivity contribution in [3.05, 3.63) is 12.3 Å². The second kappa shape index (κ2) is 2.33. The molecule has 0 aliphatic heterocycles. The van der Waals surface area contributed by atoms with Gasteiger partial charge >= 0.3 is 0 Å². The molecular weight excluding hydrogens is 156 g/mol. The van der Waals surface area contributed by atoms with Gasteiger partial charge < -0.3 is 5.73 Å². The predicted molar refractivity (Wildman–Crippen MR) is 43.0 cm³/mol. The summed E-state index contributed by atoms with van der Waals surface area (Å²) in [5, 5.41) is 14.2. The van der Waals surface area contributed by atoms with Crippen LogP contribution in [0.3, 0.4) is 0 Å². The van der Waals surface area contributed by atoms with Crippen LogP contribution in [-0.4, -0.2) is 25.2 Å². The lowest BCUT2D eigenvalue weighted by molar-refractivity contribution is 0.715. The molecule has 2 rings (SSSR count). The van der Waals surface area contributed by atoms with E-state index in [1.807, 2.05) is 0 Å². The molecule has 0 saturated heterocycles. The van der Waals surface area contributed by atoms with Gasteiger partial charge in [0.25, 0.3) is 0 Å². The molecule has 2 heterocycles. The molecule has 0 radical (unpaired) electrons. The van der Waals surface area contributed by atoms with Gasteiger partial charge in [0.2, 0.25) is 0 Å². The SMILES string of the molecule is Cn1cc(-c2cc(N)n[nH]2)nn1. The number of nitrogens with zero attached hydrogens (tertiary/aromatic N) is 4. The van der Waals surface area contributed by atoms with Gasteiger partial charge in [0, 0.05) is 13.1 Å². The van der Waals surface area contributed by atoms with Crippen LogP contribution in [0.2, 0.25) is 0 Å². The molecule has 3 N–H and O–H groups in total. The Balaban J connectivity index is 2.43. The number of hydrogen-bond donors (Lipinski definition) is 2. The summed E-state index contributed by atoms with van der Waals surface area (Å²) in [6, 6.07) is 1.71. The highest BCUT2D eigenvalue weighted by Crippen LogP contribution is 2.13. The van der Waals surface area contributed by atoms with E-state index in [0.717, 1.165) is 11.4 Å². The zero-order chi connectivity index (χ0) is 8.55. The average Bonchev–Trinajstić information content (AvgIpc) is 2.58. The van der Waals surface area contributed by atoms with Crippen LogP contribution in [0.1, 0.15) is 0 Å². The molecule has 0 saturated carbocycles. The maximum absolute atomic E-state index is 5.43. The van der Waals surface area contributed by atoms with Crippen molar-refractivity contribution >= 4 is 5.82 Å². The molecule has 6 heteroatoms. The molecule has 0 amide bonds. The lowest BCUT2D eigenvalue weighted by Gasteiger charge is -1.83. The molecule has 0 fully saturated rings. The maximum atomic E-state index is 5.43. The van der Waals surface area contributed by atoms with Crippen molar-refractivity contribution in [1.29, 1.82) is 0 Å². The highest BCUT2D eigenvalue weighted by atomic mass is 15.4. The number of aromatic amines is 1. The number of nitrogens with two attached hydrogens (primary N) is 1. The van der Waals surface area contributed by atoms with E-state index < -0.39 is 0 Å². The molecule has 12 heavy (non-hydrogen) atoms. The molecule has 0 unspecified atom stereocenters. The van der Waals surface area contributed by atoms with Crippen LogP contribution in [0.25, 0.3) is 11.4 Å². The summed E-state index contributed by atoms with van der Waals surface area (Å²) >= 11 is 0. The molecule has 62 valence electrons. The number of rotatable bonds is 1. The third-order valence-corrected chi connectivity index (χ3v) is 1.48. The van der Waals surface area contributed by atoms with E-state index in [1.165, 1.54) is 0 Å². The van der Waals surface area contributed by atoms with Gasteiger partial charge in [-0.25, -0.2) is 0 Å². The second-order valence-corrected chi connectivity index (χ2v) is 2.48. The van der Waals surface area contributed by atoms with Crippen molar-refractivity contribution in [2.24, 2.45) is 7.05 Å². The minimum absolute atomic E-state index is 0.454. The van der Waals surface area contributed by atoms with Crippen LogP contribution in [0.4, 0.5) is 5.82 Å². The van der Waals surface area contributed by atoms with Gasteiger partial charge in [-0.3, -0.25) is 9.78 Å². The Morgan fingerprint density at radius 1 is 1.58 bits per heavy atom. The summed E-state index contributed by atoms with van der Waals surface area (Å²) in [5.41, 5.74) is 6.94. The molecule has 0 spiro atoms. The zero-order valence-corrected chi connectivity index (χ0v) is 6.52. The van der Waals surface area contributed by atoms with Crippen molar-refractivity contribution in [1.82, 2.24) is 25.2 Å². The summed E-state index contributed by atoms with van der Waals surface area (Å²) in [5.74, 6) is 0.454. The van der Waals surface area contributed by atoms with Gasteiger partial charge in [-0.05, 0) is 0 Å². The Bertz CT molecular complexity index is 348. The zero-order valence-electron chi connectivity index (χ0n) is 6.52. The standard InChI is InChI=1S/C6H8N6/c1-12-3-5(9-11-12)4-2-6(7)10-8-4/h2-3H,1H3,(H3,7,8,10). The van der Waals surface area contributed by atoms with Crippen LogP contribution >= 0.6 is 0 Å². The molecule has 2 aromatic rings. The summed E-state index contributed by atoms with van der Waals surface area (Å²) in [7, 11) is 1.80. The number of anilines is 1. The Morgan fingerprint density at radius 2 is 2.42 bits per heavy atom. The fourth-order valence-corrected chi connectivity index (χ4v) is 0.939. The topological polar surface area (TPSA) is 85.4 Å². The number of aromatic nitrogens is 5. The summed E-state index contributed by atoms with van der Waals surface area (Å²) in [4.78, 5) is 0. The smallest absolute Gasteiger partial charge is 0.145 e. The van der Waals surface area contributed by atoms with Crippen molar-refractivity contribution in [2.75, 3.05) is 5.73 Å². The monoisotopic (exact) mass is 164 g/mol. The van der Waals surface area contributed by atoms with Crippen LogP contribution in [0.5, 0.6) is 0 Å². The minimum Gasteiger partial charge on any atom is -0.382 e. The van der Waals surface area contributed by atoms with Crippen molar-refractivity contribution in [3.63, 3.8) is 0 Å². The van der Waals surface area contributed by atoms with Gasteiger partial charge in [0.15, 0.2) is 0 Å². The largest absolute Gasteiger partial charge is 0.382 e. The first-order valence-corrected chi connectivity index (χ1v) is 3.43. The molecule has 0 aliphatic rings. The third kappa shape index (κ3) is 1.03. The van der Waals surface area contributed by atoms with E-state index >= 15 is 0 Å². The van der Waals surface area contributed by atoms with Gasteiger partial charge in [-0.1, -0.05) is 5.21 Å². The van der Waals surface area contributed by atoms with E-state index in [2.05, 4.69) is 20.5 Å². The first-order valence-electron chi connectivity index (χ1n) is 3.43. The Labute approximate surface area is 68.4 Å². The van der Waals surface area contributed by atoms with Gasteiger partial charge in [-0.15, -0.1) is 5.10 Å². The molecule has 0 aliphatic carbocycles. The van der Waals surface area contributed by atoms with Gasteiger partial charge in [-0.2, -0.15) is 5.10 Å². The Kier molecular flexibility index (Phi) is 1.33. The molecular formula is C6H8N6. The van der Waals surface area contributed by atoms with Crippen molar-refractivity contribution < 1.29 is 0 Å². The molecule has 0 atom stereocenters. The number of nitrogen functional groups attached to an aromatic ring is 1. The fraction of sp³-hybridized carbons (Fsp3) is 0.167. The van der Waals surface area contributed by atoms with E-state index in [0.29, 0.717) is 5.82 Å². The van der Waals surface area contributed by atoms with E-state index in [4.69, 9.17) is 5.73 Å². The number of H-pyrrole nitrogens is 1. The quantitative estimate of drug-likeness (QED) is 0.610. The normalized spacial score (nSPS) is 10.4. The summed E-state index contributed by atoms with van der Waals surface area (Å²) in [6.45, 7) is 0. The summed E-state index contributed by atoms with van der Waals surface area (Å²) < 4.78 is 1.62. The van der Waals surface area contributed by atoms with Crippen LogP contribution in [0, 0.1) is 0 Å². The fourth-order valence-electron chi connectivity index (χ4n) is 0.939. The Hall–Kier alpha value is -1.85. The molecule has 6 nitrogen and oxygen atoms in total. The molecule has 2 aromatic heterocycles. The number of nitrogens with one attached hydrogen (secondary N) is 1. The minimum atomic E-state index is 0.454. The highest BCUT2D eigenvalue weighted by Gasteiger charge is 2.04. The Morgan fingerprint density at radius 3 is 2.92 bits per heavy atom. The van der Waals surface area contributed by atoms with E-state index in [9.17, 15) is 0 Å². The third-order valence-electron chi connectivity index (χ3n) is 1.48. The van der Waals surface area contributed by atoms with Crippen molar-refractivity contribution in [3.8, 4) is 11.4 Å². The van der Waals surface area contributed by atoms with Crippen LogP contribution < -0.4 is 5.73 Å². The number of hydrogen-bond acceptors (Lipinski definition) is 4. The highest BCUT2D eigenvalue weighted by molar-refractivity contribution is 5.56. The molecule has 0 aromatic carbocycles. The lowest BCUT2D eigenvalue weighted by atomic mass is 10.3. The number of aryl methyl sites for hydroxylation is 1. The lowest BCUT2D eigenvalue weighted by Crippen LogP contribution is -1.85. The summed E-state index contributed by atoms with van der Waals surface area (Å²) in [6.07, 6.45) is 1.78. The maximum Gasteiger partial charge on any atom is 0.145 e. The van der Waals surface area contributed by atoms with E-state index in [1.54, 1.807) is 24.0 Å². The van der Waals surface area contributed by atoms with Crippen LogP contribution in [-0.2, 0) is 7.05 Å². The first-order chi connectivity index (χ1) is 5.75. The van der Waals surface area contributed by atoms with Crippen LogP contribution in [0.15, 0.2) is 12.3 Å². The predicted octanol–water partition coefficient (Wildman–Crippen LogP) is -0.213. The van der Waals surface area contributed by atoms with E-state index in [-0.39, 0.29) is 0 Å². The molecule has 0 bridgehead atoms. The van der Waals surface area contributed by atoms with Gasteiger partial charge in [0.1, 0.15) is 11.5 Å². The van der Waals surface area contributed by atoms with Gasteiger partial charge in [0.05, 0.1) is 11.9 Å². The van der Waals surface area contributed by atoms with Crippen molar-refractivity contribution in [2.45, 2.75) is 0 Å².